The van der Waals surface area contributed by atoms with Gasteiger partial charge in [-0.05, 0) is 17.7 Å². The van der Waals surface area contributed by atoms with Gasteiger partial charge in [-0.1, -0.05) is 12.1 Å². The Labute approximate surface area is 89.8 Å². The quantitative estimate of drug-likeness (QED) is 0.692. The number of aromatic hydroxyl groups is 1. The molecular weight excluding hydrogens is 194 g/mol. The van der Waals surface area contributed by atoms with Crippen LogP contribution >= 0.6 is 0 Å². The third-order valence-corrected chi connectivity index (χ3v) is 2.10. The van der Waals surface area contributed by atoms with Gasteiger partial charge in [0, 0.05) is 27.3 Å². The molecule has 0 radical (unpaired) electrons. The monoisotopic (exact) mass is 211 g/mol. The van der Waals surface area contributed by atoms with Crippen LogP contribution in [0.15, 0.2) is 24.3 Å². The van der Waals surface area contributed by atoms with Gasteiger partial charge in [-0.2, -0.15) is 0 Å². The maximum absolute atomic E-state index is 9.09. The Morgan fingerprint density at radius 3 is 2.33 bits per heavy atom. The highest BCUT2D eigenvalue weighted by Gasteiger charge is 2.03. The standard InChI is InChI=1S/C11H17NO3/c1-14-11(15-2)8-12-7-9-3-5-10(13)6-4-9/h3-6,11-13H,7-8H2,1-2H3. The van der Waals surface area contributed by atoms with Crippen molar-refractivity contribution in [2.24, 2.45) is 0 Å². The Balaban J connectivity index is 2.28. The van der Waals surface area contributed by atoms with Crippen molar-refractivity contribution in [1.82, 2.24) is 5.32 Å². The van der Waals surface area contributed by atoms with Crippen LogP contribution in [-0.2, 0) is 16.0 Å². The molecule has 1 aromatic carbocycles. The van der Waals surface area contributed by atoms with E-state index in [1.165, 1.54) is 0 Å². The Kier molecular flexibility index (Phi) is 5.10. The molecule has 0 fully saturated rings. The maximum atomic E-state index is 9.09. The summed E-state index contributed by atoms with van der Waals surface area (Å²) in [5.41, 5.74) is 1.11. The van der Waals surface area contributed by atoms with E-state index in [0.29, 0.717) is 6.54 Å². The van der Waals surface area contributed by atoms with Crippen LogP contribution in [0.3, 0.4) is 0 Å². The summed E-state index contributed by atoms with van der Waals surface area (Å²) in [5, 5.41) is 12.3. The van der Waals surface area contributed by atoms with Gasteiger partial charge in [0.1, 0.15) is 5.75 Å². The molecule has 4 heteroatoms. The summed E-state index contributed by atoms with van der Waals surface area (Å²) in [6.07, 6.45) is -0.220. The van der Waals surface area contributed by atoms with E-state index in [1.807, 2.05) is 12.1 Å². The number of phenols is 1. The molecule has 0 aliphatic heterocycles. The first kappa shape index (κ1) is 12.0. The first-order valence-corrected chi connectivity index (χ1v) is 4.80. The zero-order valence-corrected chi connectivity index (χ0v) is 9.06. The van der Waals surface area contributed by atoms with E-state index in [9.17, 15) is 0 Å². The van der Waals surface area contributed by atoms with Gasteiger partial charge in [0.05, 0.1) is 0 Å². The lowest BCUT2D eigenvalue weighted by Crippen LogP contribution is -2.29. The minimum Gasteiger partial charge on any atom is -0.508 e. The molecule has 0 aromatic heterocycles. The first-order chi connectivity index (χ1) is 7.26. The first-order valence-electron chi connectivity index (χ1n) is 4.80. The van der Waals surface area contributed by atoms with Gasteiger partial charge in [-0.15, -0.1) is 0 Å². The third kappa shape index (κ3) is 4.29. The fourth-order valence-corrected chi connectivity index (χ4v) is 1.21. The minimum absolute atomic E-state index is 0.220. The van der Waals surface area contributed by atoms with Gasteiger partial charge in [-0.25, -0.2) is 0 Å². The highest BCUT2D eigenvalue weighted by molar-refractivity contribution is 5.25. The molecule has 0 aliphatic carbocycles. The second kappa shape index (κ2) is 6.40. The average molecular weight is 211 g/mol. The Bertz CT molecular complexity index is 270. The number of rotatable bonds is 6. The molecule has 1 aromatic rings. The topological polar surface area (TPSA) is 50.7 Å². The molecule has 0 bridgehead atoms. The normalized spacial score (nSPS) is 10.9. The molecule has 15 heavy (non-hydrogen) atoms. The molecule has 4 nitrogen and oxygen atoms in total. The average Bonchev–Trinajstić information content (AvgIpc) is 2.27. The van der Waals surface area contributed by atoms with Crippen molar-refractivity contribution in [2.45, 2.75) is 12.8 Å². The summed E-state index contributed by atoms with van der Waals surface area (Å²) < 4.78 is 10.1. The summed E-state index contributed by atoms with van der Waals surface area (Å²) in [4.78, 5) is 0. The van der Waals surface area contributed by atoms with Crippen molar-refractivity contribution in [1.29, 1.82) is 0 Å². The van der Waals surface area contributed by atoms with Crippen molar-refractivity contribution >= 4 is 0 Å². The molecule has 0 unspecified atom stereocenters. The SMILES string of the molecule is COC(CNCc1ccc(O)cc1)OC. The van der Waals surface area contributed by atoms with Gasteiger partial charge < -0.3 is 19.9 Å². The summed E-state index contributed by atoms with van der Waals surface area (Å²) >= 11 is 0. The summed E-state index contributed by atoms with van der Waals surface area (Å²) in [7, 11) is 3.22. The molecule has 0 heterocycles. The highest BCUT2D eigenvalue weighted by atomic mass is 16.7. The second-order valence-corrected chi connectivity index (χ2v) is 3.20. The van der Waals surface area contributed by atoms with Crippen molar-refractivity contribution in [2.75, 3.05) is 20.8 Å². The maximum Gasteiger partial charge on any atom is 0.169 e. The number of phenolic OH excluding ortho intramolecular Hbond substituents is 1. The molecule has 2 N–H and O–H groups in total. The zero-order chi connectivity index (χ0) is 11.1. The second-order valence-electron chi connectivity index (χ2n) is 3.20. The van der Waals surface area contributed by atoms with Crippen LogP contribution < -0.4 is 5.32 Å². The van der Waals surface area contributed by atoms with E-state index in [2.05, 4.69) is 5.32 Å². The van der Waals surface area contributed by atoms with Crippen LogP contribution in [0, 0.1) is 0 Å². The van der Waals surface area contributed by atoms with Gasteiger partial charge in [-0.3, -0.25) is 0 Å². The minimum atomic E-state index is -0.220. The van der Waals surface area contributed by atoms with Gasteiger partial charge in [0.25, 0.3) is 0 Å². The summed E-state index contributed by atoms with van der Waals surface area (Å²) in [6, 6.07) is 7.08. The molecule has 0 amide bonds. The van der Waals surface area contributed by atoms with E-state index < -0.39 is 0 Å². The van der Waals surface area contributed by atoms with Crippen molar-refractivity contribution in [3.63, 3.8) is 0 Å². The van der Waals surface area contributed by atoms with E-state index in [0.717, 1.165) is 12.1 Å². The number of methoxy groups -OCH3 is 2. The number of hydrogen-bond donors (Lipinski definition) is 2. The van der Waals surface area contributed by atoms with Gasteiger partial charge >= 0.3 is 0 Å². The predicted molar refractivity (Wildman–Crippen MR) is 57.6 cm³/mol. The van der Waals surface area contributed by atoms with E-state index in [1.54, 1.807) is 26.4 Å². The molecule has 0 spiro atoms. The van der Waals surface area contributed by atoms with Crippen LogP contribution in [0.25, 0.3) is 0 Å². The number of hydrogen-bond acceptors (Lipinski definition) is 4. The Morgan fingerprint density at radius 1 is 1.20 bits per heavy atom. The lowest BCUT2D eigenvalue weighted by atomic mass is 10.2. The van der Waals surface area contributed by atoms with Crippen molar-refractivity contribution in [3.8, 4) is 5.75 Å². The lowest BCUT2D eigenvalue weighted by molar-refractivity contribution is -0.0989. The number of ether oxygens (including phenoxy) is 2. The highest BCUT2D eigenvalue weighted by Crippen LogP contribution is 2.09. The van der Waals surface area contributed by atoms with Crippen LogP contribution in [-0.4, -0.2) is 32.2 Å². The van der Waals surface area contributed by atoms with E-state index >= 15 is 0 Å². The number of nitrogens with one attached hydrogen (secondary N) is 1. The Morgan fingerprint density at radius 2 is 1.80 bits per heavy atom. The third-order valence-electron chi connectivity index (χ3n) is 2.10. The van der Waals surface area contributed by atoms with Crippen LogP contribution in [0.4, 0.5) is 0 Å². The smallest absolute Gasteiger partial charge is 0.169 e. The number of benzene rings is 1. The van der Waals surface area contributed by atoms with Crippen LogP contribution in [0.5, 0.6) is 5.75 Å². The van der Waals surface area contributed by atoms with E-state index in [-0.39, 0.29) is 12.0 Å². The van der Waals surface area contributed by atoms with Crippen molar-refractivity contribution in [3.05, 3.63) is 29.8 Å². The van der Waals surface area contributed by atoms with Crippen LogP contribution in [0.2, 0.25) is 0 Å². The van der Waals surface area contributed by atoms with E-state index in [4.69, 9.17) is 14.6 Å². The van der Waals surface area contributed by atoms with Crippen molar-refractivity contribution < 1.29 is 14.6 Å². The van der Waals surface area contributed by atoms with Crippen LogP contribution in [0.1, 0.15) is 5.56 Å². The Hall–Kier alpha value is -1.10. The van der Waals surface area contributed by atoms with Gasteiger partial charge in [0.15, 0.2) is 6.29 Å². The lowest BCUT2D eigenvalue weighted by Gasteiger charge is -2.13. The molecular formula is C11H17NO3. The molecule has 0 aliphatic rings. The molecule has 0 atom stereocenters. The predicted octanol–water partition coefficient (Wildman–Crippen LogP) is 1.10. The summed E-state index contributed by atoms with van der Waals surface area (Å²) in [5.74, 6) is 0.283. The molecule has 1 rings (SSSR count). The fourth-order valence-electron chi connectivity index (χ4n) is 1.21. The molecule has 84 valence electrons. The zero-order valence-electron chi connectivity index (χ0n) is 9.06. The fraction of sp³-hybridized carbons (Fsp3) is 0.455. The largest absolute Gasteiger partial charge is 0.508 e. The summed E-state index contributed by atoms with van der Waals surface area (Å²) in [6.45, 7) is 1.36. The van der Waals surface area contributed by atoms with Gasteiger partial charge in [0.2, 0.25) is 0 Å². The molecule has 0 saturated carbocycles. The molecule has 0 saturated heterocycles.